The van der Waals surface area contributed by atoms with Gasteiger partial charge in [-0.1, -0.05) is 22.9 Å². The standard InChI is InChI=1S/C24H29ClN4O4S2.ClH/c1-17-15-19(25)16-21-22(17)26-24(34-21)29(10-4-9-28-11-13-33-14-12-28)23(30)18-5-7-20(8-6-18)35(31,32)27(2)3;/h5-8,15-16H,4,9-14H2,1-3H3;1H. The van der Waals surface area contributed by atoms with E-state index in [1.807, 2.05) is 19.1 Å². The van der Waals surface area contributed by atoms with Crippen LogP contribution < -0.4 is 4.90 Å². The molecule has 3 aromatic rings. The van der Waals surface area contributed by atoms with Crippen molar-refractivity contribution in [1.29, 1.82) is 0 Å². The number of aryl methyl sites for hydroxylation is 1. The summed E-state index contributed by atoms with van der Waals surface area (Å²) in [7, 11) is -0.618. The Balaban J connectivity index is 0.00000361. The smallest absolute Gasteiger partial charge is 0.260 e. The van der Waals surface area contributed by atoms with Crippen LogP contribution in [0.5, 0.6) is 0 Å². The molecule has 0 saturated carbocycles. The van der Waals surface area contributed by atoms with Crippen molar-refractivity contribution in [1.82, 2.24) is 14.2 Å². The van der Waals surface area contributed by atoms with Crippen LogP contribution in [0.1, 0.15) is 22.3 Å². The van der Waals surface area contributed by atoms with Gasteiger partial charge in [0.25, 0.3) is 5.91 Å². The first-order chi connectivity index (χ1) is 16.7. The number of hydrogen-bond donors (Lipinski definition) is 0. The van der Waals surface area contributed by atoms with Gasteiger partial charge < -0.3 is 4.74 Å². The highest BCUT2D eigenvalue weighted by Gasteiger charge is 2.24. The Bertz CT molecular complexity index is 1310. The molecule has 1 aliphatic heterocycles. The summed E-state index contributed by atoms with van der Waals surface area (Å²) >= 11 is 7.67. The van der Waals surface area contributed by atoms with E-state index in [4.69, 9.17) is 21.3 Å². The Morgan fingerprint density at radius 2 is 1.83 bits per heavy atom. The molecule has 2 heterocycles. The van der Waals surface area contributed by atoms with Gasteiger partial charge in [0.15, 0.2) is 5.13 Å². The van der Waals surface area contributed by atoms with Crippen LogP contribution in [0.3, 0.4) is 0 Å². The molecule has 12 heteroatoms. The largest absolute Gasteiger partial charge is 0.379 e. The lowest BCUT2D eigenvalue weighted by molar-refractivity contribution is 0.0376. The number of fused-ring (bicyclic) bond motifs is 1. The summed E-state index contributed by atoms with van der Waals surface area (Å²) in [5.41, 5.74) is 2.19. The predicted octanol–water partition coefficient (Wildman–Crippen LogP) is 4.30. The molecule has 0 unspecified atom stereocenters. The van der Waals surface area contributed by atoms with Crippen molar-refractivity contribution in [3.63, 3.8) is 0 Å². The van der Waals surface area contributed by atoms with Crippen molar-refractivity contribution < 1.29 is 17.9 Å². The normalized spacial score (nSPS) is 14.7. The van der Waals surface area contributed by atoms with Gasteiger partial charge in [0.2, 0.25) is 10.0 Å². The van der Waals surface area contributed by atoms with Gasteiger partial charge in [-0.2, -0.15) is 0 Å². The molecule has 0 aliphatic carbocycles. The predicted molar refractivity (Wildman–Crippen MR) is 147 cm³/mol. The van der Waals surface area contributed by atoms with Crippen LogP contribution >= 0.6 is 35.3 Å². The first-order valence-corrected chi connectivity index (χ1v) is 14.0. The Kier molecular flexibility index (Phi) is 9.73. The van der Waals surface area contributed by atoms with Gasteiger partial charge in [0, 0.05) is 50.9 Å². The van der Waals surface area contributed by atoms with E-state index < -0.39 is 10.0 Å². The lowest BCUT2D eigenvalue weighted by Gasteiger charge is -2.27. The number of aromatic nitrogens is 1. The molecule has 0 N–H and O–H groups in total. The van der Waals surface area contributed by atoms with E-state index in [9.17, 15) is 13.2 Å². The quantitative estimate of drug-likeness (QED) is 0.400. The fraction of sp³-hybridized carbons (Fsp3) is 0.417. The summed E-state index contributed by atoms with van der Waals surface area (Å²) in [6, 6.07) is 9.78. The molecule has 8 nitrogen and oxygen atoms in total. The highest BCUT2D eigenvalue weighted by Crippen LogP contribution is 2.34. The van der Waals surface area contributed by atoms with E-state index in [1.54, 1.807) is 17.0 Å². The van der Waals surface area contributed by atoms with Gasteiger partial charge in [-0.3, -0.25) is 14.6 Å². The number of sulfonamides is 1. The number of morpholine rings is 1. The average Bonchev–Trinajstić information content (AvgIpc) is 3.26. The molecule has 0 bridgehead atoms. The highest BCUT2D eigenvalue weighted by atomic mass is 35.5. The van der Waals surface area contributed by atoms with E-state index in [-0.39, 0.29) is 23.2 Å². The SMILES string of the molecule is Cc1cc(Cl)cc2sc(N(CCCN3CCOCC3)C(=O)c3ccc(S(=O)(=O)N(C)C)cc3)nc12.Cl. The Morgan fingerprint density at radius 1 is 1.17 bits per heavy atom. The van der Waals surface area contributed by atoms with Crippen molar-refractivity contribution in [2.75, 3.05) is 58.4 Å². The maximum absolute atomic E-state index is 13.6. The Morgan fingerprint density at radius 3 is 2.47 bits per heavy atom. The molecule has 36 heavy (non-hydrogen) atoms. The van der Waals surface area contributed by atoms with Gasteiger partial charge in [-0.15, -0.1) is 12.4 Å². The van der Waals surface area contributed by atoms with Gasteiger partial charge >= 0.3 is 0 Å². The summed E-state index contributed by atoms with van der Waals surface area (Å²) in [6.45, 7) is 6.50. The molecule has 0 atom stereocenters. The highest BCUT2D eigenvalue weighted by molar-refractivity contribution is 7.89. The lowest BCUT2D eigenvalue weighted by atomic mass is 10.2. The van der Waals surface area contributed by atoms with Gasteiger partial charge in [-0.25, -0.2) is 17.7 Å². The van der Waals surface area contributed by atoms with E-state index in [1.165, 1.54) is 37.6 Å². The lowest BCUT2D eigenvalue weighted by Crippen LogP contribution is -2.39. The third-order valence-electron chi connectivity index (χ3n) is 5.95. The molecule has 1 amide bonds. The van der Waals surface area contributed by atoms with Crippen LogP contribution in [-0.2, 0) is 14.8 Å². The molecule has 0 spiro atoms. The topological polar surface area (TPSA) is 83.0 Å². The summed E-state index contributed by atoms with van der Waals surface area (Å²) in [5, 5.41) is 1.23. The molecule has 1 aromatic heterocycles. The third-order valence-corrected chi connectivity index (χ3v) is 9.03. The second-order valence-electron chi connectivity index (χ2n) is 8.64. The number of anilines is 1. The number of benzene rings is 2. The zero-order chi connectivity index (χ0) is 25.2. The molecule has 1 saturated heterocycles. The fourth-order valence-electron chi connectivity index (χ4n) is 3.96. The van der Waals surface area contributed by atoms with E-state index >= 15 is 0 Å². The number of rotatable bonds is 8. The molecule has 4 rings (SSSR count). The first-order valence-electron chi connectivity index (χ1n) is 11.4. The molecule has 1 fully saturated rings. The second kappa shape index (κ2) is 12.2. The minimum absolute atomic E-state index is 0. The number of ether oxygens (including phenoxy) is 1. The zero-order valence-corrected chi connectivity index (χ0v) is 23.6. The van der Waals surface area contributed by atoms with Crippen molar-refractivity contribution in [2.24, 2.45) is 0 Å². The second-order valence-corrected chi connectivity index (χ2v) is 12.2. The molecule has 196 valence electrons. The van der Waals surface area contributed by atoms with E-state index in [0.717, 1.165) is 59.4 Å². The number of halogens is 2. The first kappa shape index (κ1) is 28.8. The Hall–Kier alpha value is -1.79. The summed E-state index contributed by atoms with van der Waals surface area (Å²) in [4.78, 5) is 22.6. The zero-order valence-electron chi connectivity index (χ0n) is 20.4. The van der Waals surface area contributed by atoms with E-state index in [0.29, 0.717) is 22.3 Å². The van der Waals surface area contributed by atoms with Crippen LogP contribution in [0.2, 0.25) is 5.02 Å². The summed E-state index contributed by atoms with van der Waals surface area (Å²) < 4.78 is 32.3. The van der Waals surface area contributed by atoms with Crippen molar-refractivity contribution in [3.8, 4) is 0 Å². The number of thiazole rings is 1. The van der Waals surface area contributed by atoms with Gasteiger partial charge in [-0.05, 0) is 55.3 Å². The number of nitrogens with zero attached hydrogens (tertiary/aromatic N) is 4. The maximum atomic E-state index is 13.6. The molecular formula is C24H30Cl2N4O4S2. The van der Waals surface area contributed by atoms with Crippen LogP contribution in [0.15, 0.2) is 41.3 Å². The minimum Gasteiger partial charge on any atom is -0.379 e. The molecule has 0 radical (unpaired) electrons. The number of carbonyl (C=O) groups is 1. The van der Waals surface area contributed by atoms with Crippen LogP contribution in [0, 0.1) is 6.92 Å². The fourth-order valence-corrected chi connectivity index (χ4v) is 6.30. The number of amides is 1. The summed E-state index contributed by atoms with van der Waals surface area (Å²) in [6.07, 6.45) is 0.772. The van der Waals surface area contributed by atoms with Crippen molar-refractivity contribution >= 4 is 66.6 Å². The third kappa shape index (κ3) is 6.36. The van der Waals surface area contributed by atoms with Crippen LogP contribution in [-0.4, -0.2) is 82.0 Å². The van der Waals surface area contributed by atoms with Crippen molar-refractivity contribution in [2.45, 2.75) is 18.2 Å². The van der Waals surface area contributed by atoms with Crippen LogP contribution in [0.4, 0.5) is 5.13 Å². The molecule has 1 aliphatic rings. The maximum Gasteiger partial charge on any atom is 0.260 e. The molecule has 2 aromatic carbocycles. The minimum atomic E-state index is -3.57. The van der Waals surface area contributed by atoms with E-state index in [2.05, 4.69) is 4.90 Å². The van der Waals surface area contributed by atoms with Crippen molar-refractivity contribution in [3.05, 3.63) is 52.5 Å². The van der Waals surface area contributed by atoms with Gasteiger partial charge in [0.1, 0.15) is 0 Å². The Labute approximate surface area is 227 Å². The molecular weight excluding hydrogens is 543 g/mol. The monoisotopic (exact) mass is 572 g/mol. The number of carbonyl (C=O) groups excluding carboxylic acids is 1. The van der Waals surface area contributed by atoms with Crippen LogP contribution in [0.25, 0.3) is 10.2 Å². The summed E-state index contributed by atoms with van der Waals surface area (Å²) in [5.74, 6) is -0.219. The van der Waals surface area contributed by atoms with Gasteiger partial charge in [0.05, 0.1) is 28.3 Å². The number of hydrogen-bond acceptors (Lipinski definition) is 7. The average molecular weight is 574 g/mol.